The normalized spacial score (nSPS) is 12.4. The minimum Gasteiger partial charge on any atom is -0.350 e. The van der Waals surface area contributed by atoms with Crippen molar-refractivity contribution in [3.8, 4) is 0 Å². The van der Waals surface area contributed by atoms with Crippen LogP contribution in [0.15, 0.2) is 42.5 Å². The van der Waals surface area contributed by atoms with E-state index in [1.807, 2.05) is 52.8 Å². The molecule has 5 heteroatoms. The first-order valence-electron chi connectivity index (χ1n) is 10.8. The lowest BCUT2D eigenvalue weighted by molar-refractivity contribution is -0.139. The summed E-state index contributed by atoms with van der Waals surface area (Å²) in [5, 5.41) is 3.01. The summed E-state index contributed by atoms with van der Waals surface area (Å²) in [7, 11) is 0. The summed E-state index contributed by atoms with van der Waals surface area (Å²) in [5.41, 5.74) is 5.51. The molecule has 0 saturated heterocycles. The second kappa shape index (κ2) is 10.9. The minimum atomic E-state index is -0.547. The molecule has 0 spiro atoms. The van der Waals surface area contributed by atoms with Crippen molar-refractivity contribution in [2.75, 3.05) is 5.75 Å². The predicted molar refractivity (Wildman–Crippen MR) is 131 cm³/mol. The van der Waals surface area contributed by atoms with Crippen molar-refractivity contribution in [1.82, 2.24) is 10.2 Å². The van der Waals surface area contributed by atoms with Gasteiger partial charge in [-0.2, -0.15) is 0 Å². The SMILES string of the molecule is Cc1cc(C)cc(CSCC(=O)N(Cc2cccc(C)c2)[C@@H](C)C(=O)NC(C)(C)C)c1. The Morgan fingerprint density at radius 1 is 0.968 bits per heavy atom. The topological polar surface area (TPSA) is 49.4 Å². The number of benzene rings is 2. The summed E-state index contributed by atoms with van der Waals surface area (Å²) in [4.78, 5) is 27.7. The lowest BCUT2D eigenvalue weighted by Crippen LogP contribution is -2.52. The number of nitrogens with zero attached hydrogens (tertiary/aromatic N) is 1. The van der Waals surface area contributed by atoms with E-state index in [4.69, 9.17) is 0 Å². The maximum atomic E-state index is 13.2. The van der Waals surface area contributed by atoms with Gasteiger partial charge in [0.05, 0.1) is 5.75 Å². The van der Waals surface area contributed by atoms with Crippen molar-refractivity contribution in [2.45, 2.75) is 72.3 Å². The Hall–Kier alpha value is -2.27. The number of aryl methyl sites for hydroxylation is 3. The van der Waals surface area contributed by atoms with Gasteiger partial charge in [-0.1, -0.05) is 59.2 Å². The summed E-state index contributed by atoms with van der Waals surface area (Å²) in [6.07, 6.45) is 0. The van der Waals surface area contributed by atoms with Gasteiger partial charge in [0.1, 0.15) is 6.04 Å². The molecule has 0 aliphatic heterocycles. The summed E-state index contributed by atoms with van der Waals surface area (Å²) < 4.78 is 0. The van der Waals surface area contributed by atoms with Crippen LogP contribution < -0.4 is 5.32 Å². The van der Waals surface area contributed by atoms with Gasteiger partial charge in [-0.3, -0.25) is 9.59 Å². The molecule has 0 saturated carbocycles. The van der Waals surface area contributed by atoms with Gasteiger partial charge in [-0.25, -0.2) is 0 Å². The van der Waals surface area contributed by atoms with Crippen molar-refractivity contribution >= 4 is 23.6 Å². The number of hydrogen-bond acceptors (Lipinski definition) is 3. The van der Waals surface area contributed by atoms with Crippen LogP contribution in [-0.4, -0.2) is 34.0 Å². The Morgan fingerprint density at radius 2 is 1.58 bits per heavy atom. The molecule has 2 rings (SSSR count). The third-order valence-corrected chi connectivity index (χ3v) is 5.87. The molecule has 0 aliphatic rings. The maximum absolute atomic E-state index is 13.2. The number of carbonyl (C=O) groups is 2. The van der Waals surface area contributed by atoms with Crippen LogP contribution in [0.4, 0.5) is 0 Å². The molecule has 2 amide bonds. The van der Waals surface area contributed by atoms with E-state index in [0.717, 1.165) is 16.9 Å². The van der Waals surface area contributed by atoms with E-state index >= 15 is 0 Å². The van der Waals surface area contributed by atoms with E-state index < -0.39 is 6.04 Å². The highest BCUT2D eigenvalue weighted by Gasteiger charge is 2.28. The first-order chi connectivity index (χ1) is 14.4. The highest BCUT2D eigenvalue weighted by molar-refractivity contribution is 7.99. The molecule has 0 fully saturated rings. The third-order valence-electron chi connectivity index (χ3n) is 4.88. The van der Waals surface area contributed by atoms with E-state index in [1.54, 1.807) is 16.7 Å². The molecular weight excluding hydrogens is 404 g/mol. The van der Waals surface area contributed by atoms with Crippen molar-refractivity contribution < 1.29 is 9.59 Å². The van der Waals surface area contributed by atoms with Crippen LogP contribution in [0.2, 0.25) is 0 Å². The molecule has 0 radical (unpaired) electrons. The van der Waals surface area contributed by atoms with Crippen molar-refractivity contribution in [3.63, 3.8) is 0 Å². The standard InChI is InChI=1S/C26H36N2O2S/c1-18-9-8-10-22(12-18)15-28(21(4)25(30)27-26(5,6)7)24(29)17-31-16-23-13-19(2)11-20(3)14-23/h8-14,21H,15-17H2,1-7H3,(H,27,30)/t21-/m0/s1. The average molecular weight is 441 g/mol. The van der Waals surface area contributed by atoms with Crippen LogP contribution in [0.5, 0.6) is 0 Å². The fourth-order valence-electron chi connectivity index (χ4n) is 3.56. The molecule has 0 unspecified atom stereocenters. The smallest absolute Gasteiger partial charge is 0.242 e. The largest absolute Gasteiger partial charge is 0.350 e. The maximum Gasteiger partial charge on any atom is 0.242 e. The number of nitrogens with one attached hydrogen (secondary N) is 1. The quantitative estimate of drug-likeness (QED) is 0.615. The van der Waals surface area contributed by atoms with Crippen molar-refractivity contribution in [3.05, 3.63) is 70.3 Å². The molecule has 0 heterocycles. The van der Waals surface area contributed by atoms with Gasteiger partial charge in [0.2, 0.25) is 11.8 Å². The van der Waals surface area contributed by atoms with Gasteiger partial charge >= 0.3 is 0 Å². The van der Waals surface area contributed by atoms with Crippen LogP contribution in [0.3, 0.4) is 0 Å². The number of thioether (sulfide) groups is 1. The summed E-state index contributed by atoms with van der Waals surface area (Å²) in [5.74, 6) is 0.960. The summed E-state index contributed by atoms with van der Waals surface area (Å²) in [6.45, 7) is 14.3. The zero-order valence-electron chi connectivity index (χ0n) is 19.9. The Bertz CT molecular complexity index is 898. The van der Waals surface area contributed by atoms with Crippen molar-refractivity contribution in [2.24, 2.45) is 0 Å². The van der Waals surface area contributed by atoms with Gasteiger partial charge in [0.25, 0.3) is 0 Å². The van der Waals surface area contributed by atoms with E-state index in [1.165, 1.54) is 16.7 Å². The van der Waals surface area contributed by atoms with E-state index in [9.17, 15) is 9.59 Å². The number of amides is 2. The Labute approximate surface area is 191 Å². The second-order valence-corrected chi connectivity index (χ2v) is 10.4. The first kappa shape index (κ1) is 25.0. The van der Waals surface area contributed by atoms with Crippen LogP contribution >= 0.6 is 11.8 Å². The lowest BCUT2D eigenvalue weighted by atomic mass is 10.1. The number of rotatable bonds is 8. The molecule has 0 aliphatic carbocycles. The summed E-state index contributed by atoms with van der Waals surface area (Å²) in [6, 6.07) is 14.0. The van der Waals surface area contributed by atoms with Gasteiger partial charge in [-0.15, -0.1) is 11.8 Å². The number of carbonyl (C=O) groups excluding carboxylic acids is 2. The number of hydrogen-bond donors (Lipinski definition) is 1. The third kappa shape index (κ3) is 8.41. The highest BCUT2D eigenvalue weighted by Crippen LogP contribution is 2.19. The minimum absolute atomic E-state index is 0.0209. The lowest BCUT2D eigenvalue weighted by Gasteiger charge is -2.31. The first-order valence-corrected chi connectivity index (χ1v) is 11.9. The molecule has 0 bridgehead atoms. The molecule has 168 valence electrons. The highest BCUT2D eigenvalue weighted by atomic mass is 32.2. The molecule has 31 heavy (non-hydrogen) atoms. The van der Waals surface area contributed by atoms with Crippen LogP contribution in [0.1, 0.15) is 55.5 Å². The van der Waals surface area contributed by atoms with Gasteiger partial charge in [-0.05, 0) is 59.6 Å². The molecule has 4 nitrogen and oxygen atoms in total. The van der Waals surface area contributed by atoms with Crippen LogP contribution in [0.25, 0.3) is 0 Å². The van der Waals surface area contributed by atoms with Gasteiger partial charge in [0.15, 0.2) is 0 Å². The Morgan fingerprint density at radius 3 is 2.16 bits per heavy atom. The van der Waals surface area contributed by atoms with Gasteiger partial charge < -0.3 is 10.2 Å². The predicted octanol–water partition coefficient (Wildman–Crippen LogP) is 5.18. The Kier molecular flexibility index (Phi) is 8.75. The van der Waals surface area contributed by atoms with Crippen LogP contribution in [0, 0.1) is 20.8 Å². The summed E-state index contributed by atoms with van der Waals surface area (Å²) >= 11 is 1.59. The van der Waals surface area contributed by atoms with E-state index in [2.05, 4.69) is 43.4 Å². The van der Waals surface area contributed by atoms with E-state index in [0.29, 0.717) is 12.3 Å². The zero-order valence-corrected chi connectivity index (χ0v) is 20.7. The van der Waals surface area contributed by atoms with Crippen molar-refractivity contribution in [1.29, 1.82) is 0 Å². The molecular formula is C26H36N2O2S. The Balaban J connectivity index is 2.11. The molecule has 1 atom stereocenters. The fraction of sp³-hybridized carbons (Fsp3) is 0.462. The molecule has 2 aromatic carbocycles. The van der Waals surface area contributed by atoms with Gasteiger partial charge in [0, 0.05) is 17.8 Å². The monoisotopic (exact) mass is 440 g/mol. The fourth-order valence-corrected chi connectivity index (χ4v) is 4.40. The zero-order chi connectivity index (χ0) is 23.2. The molecule has 0 aromatic heterocycles. The molecule has 1 N–H and O–H groups in total. The van der Waals surface area contributed by atoms with E-state index in [-0.39, 0.29) is 17.4 Å². The second-order valence-electron chi connectivity index (χ2n) is 9.41. The molecule has 2 aromatic rings. The van der Waals surface area contributed by atoms with Crippen LogP contribution in [-0.2, 0) is 21.9 Å². The average Bonchev–Trinajstić information content (AvgIpc) is 2.63.